The van der Waals surface area contributed by atoms with Crippen molar-refractivity contribution in [2.75, 3.05) is 5.75 Å². The molecule has 0 radical (unpaired) electrons. The van der Waals surface area contributed by atoms with Crippen LogP contribution in [0, 0.1) is 0 Å². The van der Waals surface area contributed by atoms with Gasteiger partial charge in [0.1, 0.15) is 0 Å². The zero-order valence-corrected chi connectivity index (χ0v) is 8.58. The summed E-state index contributed by atoms with van der Waals surface area (Å²) in [5.41, 5.74) is 0. The van der Waals surface area contributed by atoms with Gasteiger partial charge >= 0.3 is 0 Å². The molecule has 1 heterocycles. The Bertz CT molecular complexity index is 116. The Hall–Kier alpha value is 0.310. The van der Waals surface area contributed by atoms with Gasteiger partial charge in [0.25, 0.3) is 0 Å². The quantitative estimate of drug-likeness (QED) is 0.702. The zero-order valence-electron chi connectivity index (χ0n) is 7.76. The monoisotopic (exact) mass is 173 g/mol. The van der Waals surface area contributed by atoms with E-state index in [2.05, 4.69) is 37.8 Å². The second kappa shape index (κ2) is 4.36. The van der Waals surface area contributed by atoms with E-state index in [1.54, 1.807) is 0 Å². The van der Waals surface area contributed by atoms with Gasteiger partial charge in [-0.15, -0.1) is 0 Å². The van der Waals surface area contributed by atoms with Crippen LogP contribution in [0.25, 0.3) is 0 Å². The zero-order chi connectivity index (χ0) is 8.27. The van der Waals surface area contributed by atoms with Gasteiger partial charge in [-0.2, -0.15) is 11.8 Å². The highest BCUT2D eigenvalue weighted by Crippen LogP contribution is 2.26. The normalized spacial score (nSPS) is 34.1. The topological polar surface area (TPSA) is 12.0 Å². The van der Waals surface area contributed by atoms with E-state index in [0.717, 1.165) is 11.3 Å². The molecule has 1 N–H and O–H groups in total. The minimum absolute atomic E-state index is 0.696. The van der Waals surface area contributed by atoms with Gasteiger partial charge in [0, 0.05) is 17.3 Å². The van der Waals surface area contributed by atoms with Gasteiger partial charge in [-0.1, -0.05) is 13.8 Å². The summed E-state index contributed by atoms with van der Waals surface area (Å²) in [6.45, 7) is 6.85. The van der Waals surface area contributed by atoms with E-state index < -0.39 is 0 Å². The molecule has 1 aliphatic rings. The van der Waals surface area contributed by atoms with Crippen molar-refractivity contribution in [1.29, 1.82) is 0 Å². The summed E-state index contributed by atoms with van der Waals surface area (Å²) in [7, 11) is 0. The number of hydrogen-bond donors (Lipinski definition) is 1. The lowest BCUT2D eigenvalue weighted by Gasteiger charge is -2.20. The van der Waals surface area contributed by atoms with Crippen LogP contribution >= 0.6 is 11.8 Å². The molecule has 1 aliphatic heterocycles. The first-order valence-electron chi connectivity index (χ1n) is 4.61. The van der Waals surface area contributed by atoms with Gasteiger partial charge in [0.2, 0.25) is 0 Å². The molecular formula is C9H19NS. The Morgan fingerprint density at radius 3 is 2.82 bits per heavy atom. The number of nitrogens with one attached hydrogen (secondary N) is 1. The van der Waals surface area contributed by atoms with E-state index >= 15 is 0 Å². The molecule has 11 heavy (non-hydrogen) atoms. The first-order chi connectivity index (χ1) is 5.24. The molecule has 1 saturated heterocycles. The standard InChI is InChI=1S/C9H19NS/c1-4-7(2)10-9-5-6-11-8(9)3/h7-10H,4-6H2,1-3H3. The fourth-order valence-corrected chi connectivity index (χ4v) is 2.64. The van der Waals surface area contributed by atoms with Crippen LogP contribution in [-0.4, -0.2) is 23.1 Å². The molecule has 0 aliphatic carbocycles. The second-order valence-corrected chi connectivity index (χ2v) is 4.93. The van der Waals surface area contributed by atoms with E-state index in [1.807, 2.05) is 0 Å². The van der Waals surface area contributed by atoms with E-state index in [-0.39, 0.29) is 0 Å². The molecule has 1 rings (SSSR count). The molecule has 0 bridgehead atoms. The summed E-state index contributed by atoms with van der Waals surface area (Å²) in [5, 5.41) is 4.48. The average molecular weight is 173 g/mol. The molecule has 0 aromatic rings. The lowest BCUT2D eigenvalue weighted by molar-refractivity contribution is 0.436. The van der Waals surface area contributed by atoms with Gasteiger partial charge in [0.05, 0.1) is 0 Å². The summed E-state index contributed by atoms with van der Waals surface area (Å²) in [6, 6.07) is 1.47. The Balaban J connectivity index is 2.24. The molecule has 66 valence electrons. The number of thioether (sulfide) groups is 1. The first-order valence-corrected chi connectivity index (χ1v) is 5.66. The maximum atomic E-state index is 3.66. The second-order valence-electron chi connectivity index (χ2n) is 3.45. The fraction of sp³-hybridized carbons (Fsp3) is 1.00. The van der Waals surface area contributed by atoms with Crippen LogP contribution in [0.4, 0.5) is 0 Å². The van der Waals surface area contributed by atoms with Crippen LogP contribution in [0.3, 0.4) is 0 Å². The van der Waals surface area contributed by atoms with Crippen LogP contribution in [0.2, 0.25) is 0 Å². The molecule has 0 aromatic heterocycles. The lowest BCUT2D eigenvalue weighted by atomic mass is 10.1. The van der Waals surface area contributed by atoms with Crippen LogP contribution < -0.4 is 5.32 Å². The smallest absolute Gasteiger partial charge is 0.0194 e. The van der Waals surface area contributed by atoms with Crippen molar-refractivity contribution in [2.24, 2.45) is 0 Å². The largest absolute Gasteiger partial charge is 0.310 e. The van der Waals surface area contributed by atoms with Crippen molar-refractivity contribution in [1.82, 2.24) is 5.32 Å². The van der Waals surface area contributed by atoms with Crippen molar-refractivity contribution >= 4 is 11.8 Å². The molecule has 1 fully saturated rings. The Labute approximate surface area is 74.3 Å². The van der Waals surface area contributed by atoms with E-state index in [4.69, 9.17) is 0 Å². The fourth-order valence-electron chi connectivity index (χ4n) is 1.43. The summed E-state index contributed by atoms with van der Waals surface area (Å²) < 4.78 is 0. The van der Waals surface area contributed by atoms with Gasteiger partial charge in [-0.3, -0.25) is 0 Å². The van der Waals surface area contributed by atoms with E-state index in [0.29, 0.717) is 6.04 Å². The third kappa shape index (κ3) is 2.68. The third-order valence-electron chi connectivity index (χ3n) is 2.49. The minimum atomic E-state index is 0.696. The highest BCUT2D eigenvalue weighted by Gasteiger charge is 2.24. The minimum Gasteiger partial charge on any atom is -0.310 e. The molecule has 2 heteroatoms. The van der Waals surface area contributed by atoms with Crippen LogP contribution in [0.1, 0.15) is 33.6 Å². The van der Waals surface area contributed by atoms with Crippen molar-refractivity contribution < 1.29 is 0 Å². The summed E-state index contributed by atoms with van der Waals surface area (Å²) >= 11 is 2.10. The van der Waals surface area contributed by atoms with Gasteiger partial charge < -0.3 is 5.32 Å². The van der Waals surface area contributed by atoms with Gasteiger partial charge in [-0.05, 0) is 25.5 Å². The SMILES string of the molecule is CCC(C)NC1CCSC1C. The third-order valence-corrected chi connectivity index (χ3v) is 3.81. The van der Waals surface area contributed by atoms with Gasteiger partial charge in [0.15, 0.2) is 0 Å². The molecule has 0 spiro atoms. The number of hydrogen-bond acceptors (Lipinski definition) is 2. The maximum absolute atomic E-state index is 3.66. The van der Waals surface area contributed by atoms with Crippen molar-refractivity contribution in [3.63, 3.8) is 0 Å². The van der Waals surface area contributed by atoms with Crippen LogP contribution in [0.5, 0.6) is 0 Å². The van der Waals surface area contributed by atoms with Crippen LogP contribution in [0.15, 0.2) is 0 Å². The van der Waals surface area contributed by atoms with Crippen molar-refractivity contribution in [3.05, 3.63) is 0 Å². The summed E-state index contributed by atoms with van der Waals surface area (Å²) in [6.07, 6.45) is 2.60. The molecule has 0 aromatic carbocycles. The Morgan fingerprint density at radius 2 is 2.36 bits per heavy atom. The number of rotatable bonds is 3. The summed E-state index contributed by atoms with van der Waals surface area (Å²) in [4.78, 5) is 0. The molecule has 0 amide bonds. The van der Waals surface area contributed by atoms with Crippen molar-refractivity contribution in [2.45, 2.75) is 50.9 Å². The highest BCUT2D eigenvalue weighted by atomic mass is 32.2. The Morgan fingerprint density at radius 1 is 1.64 bits per heavy atom. The highest BCUT2D eigenvalue weighted by molar-refractivity contribution is 8.00. The molecule has 1 nitrogen and oxygen atoms in total. The molecular weight excluding hydrogens is 154 g/mol. The van der Waals surface area contributed by atoms with Crippen molar-refractivity contribution in [3.8, 4) is 0 Å². The molecule has 3 unspecified atom stereocenters. The predicted molar refractivity (Wildman–Crippen MR) is 53.2 cm³/mol. The summed E-state index contributed by atoms with van der Waals surface area (Å²) in [5.74, 6) is 1.34. The maximum Gasteiger partial charge on any atom is 0.0194 e. The molecule has 3 atom stereocenters. The average Bonchev–Trinajstić information content (AvgIpc) is 2.37. The van der Waals surface area contributed by atoms with E-state index in [1.165, 1.54) is 18.6 Å². The Kier molecular flexibility index (Phi) is 3.73. The van der Waals surface area contributed by atoms with Crippen LogP contribution in [-0.2, 0) is 0 Å². The van der Waals surface area contributed by atoms with E-state index in [9.17, 15) is 0 Å². The van der Waals surface area contributed by atoms with Gasteiger partial charge in [-0.25, -0.2) is 0 Å². The lowest BCUT2D eigenvalue weighted by Crippen LogP contribution is -2.39. The first kappa shape index (κ1) is 9.40. The molecule has 0 saturated carbocycles. The predicted octanol–water partition coefficient (Wildman–Crippen LogP) is 2.27.